The van der Waals surface area contributed by atoms with Gasteiger partial charge in [0.1, 0.15) is 17.9 Å². The van der Waals surface area contributed by atoms with Crippen LogP contribution in [-0.4, -0.2) is 49.1 Å². The van der Waals surface area contributed by atoms with Crippen molar-refractivity contribution in [2.75, 3.05) is 12.9 Å². The molecule has 0 spiro atoms. The molecule has 1 aliphatic rings. The van der Waals surface area contributed by atoms with E-state index in [4.69, 9.17) is 9.57 Å². The molecule has 0 bridgehead atoms. The van der Waals surface area contributed by atoms with Crippen LogP contribution in [0.3, 0.4) is 0 Å². The van der Waals surface area contributed by atoms with Crippen LogP contribution in [0, 0.1) is 11.6 Å². The van der Waals surface area contributed by atoms with Crippen molar-refractivity contribution in [3.05, 3.63) is 70.1 Å². The number of halogens is 2. The number of ether oxygens (including phenoxy) is 1. The van der Waals surface area contributed by atoms with E-state index in [0.29, 0.717) is 24.9 Å². The van der Waals surface area contributed by atoms with Crippen LogP contribution in [0.4, 0.5) is 8.78 Å². The lowest BCUT2D eigenvalue weighted by Crippen LogP contribution is -2.51. The number of nitrogens with one attached hydrogen (secondary N) is 1. The minimum absolute atomic E-state index is 0.00744. The Morgan fingerprint density at radius 2 is 1.95 bits per heavy atom. The van der Waals surface area contributed by atoms with Crippen molar-refractivity contribution in [2.24, 2.45) is 0 Å². The second-order valence-electron chi connectivity index (χ2n) is 9.69. The average Bonchev–Trinajstić information content (AvgIpc) is 2.92. The first-order chi connectivity index (χ1) is 18.4. The van der Waals surface area contributed by atoms with Gasteiger partial charge in [-0.15, -0.1) is 0 Å². The molecule has 2 unspecified atom stereocenters. The Balaban J connectivity index is 1.59. The van der Waals surface area contributed by atoms with Gasteiger partial charge in [0, 0.05) is 48.5 Å². The number of aromatic nitrogens is 1. The molecule has 0 aliphatic carbocycles. The summed E-state index contributed by atoms with van der Waals surface area (Å²) in [5.41, 5.74) is 2.13. The number of aryl methyl sites for hydroxylation is 1. The van der Waals surface area contributed by atoms with Crippen LogP contribution in [0.25, 0.3) is 21.9 Å². The number of hydroxylamine groups is 1. The van der Waals surface area contributed by atoms with Gasteiger partial charge in [-0.3, -0.25) is 14.4 Å². The van der Waals surface area contributed by atoms with Crippen LogP contribution in [0.5, 0.6) is 0 Å². The number of hydrogen-bond acceptors (Lipinski definition) is 7. The van der Waals surface area contributed by atoms with Gasteiger partial charge in [-0.2, -0.15) is 0 Å². The quantitative estimate of drug-likeness (QED) is 0.313. The third kappa shape index (κ3) is 5.92. The number of amides is 1. The van der Waals surface area contributed by atoms with Crippen molar-refractivity contribution in [3.63, 3.8) is 0 Å². The number of carbonyl (C=O) groups excluding carboxylic acids is 2. The molecule has 0 saturated carbocycles. The van der Waals surface area contributed by atoms with Crippen molar-refractivity contribution in [3.8, 4) is 11.1 Å². The normalized spacial score (nSPS) is 17.5. The van der Waals surface area contributed by atoms with Crippen LogP contribution in [0.2, 0.25) is 0 Å². The summed E-state index contributed by atoms with van der Waals surface area (Å²) < 4.78 is 59.2. The minimum atomic E-state index is -4.00. The number of hydrogen-bond donors (Lipinski definition) is 1. The standard InChI is InChI=1S/C27H28F2N2O7S/c1-27(39(2,35)36,26(34)30-38-24-5-3-4-12-37-24)10-11-31-15-23(29)21-14-18(7-9-20(21)25(31)33)19-8-6-17(16-32)13-22(19)28/h6-9,13-16,24H,3-5,10-12H2,1-2H3,(H,30,34). The molecule has 39 heavy (non-hydrogen) atoms. The summed E-state index contributed by atoms with van der Waals surface area (Å²) in [6, 6.07) is 8.00. The molecular formula is C27H28F2N2O7S. The van der Waals surface area contributed by atoms with Crippen LogP contribution in [0.15, 0.2) is 47.4 Å². The van der Waals surface area contributed by atoms with Gasteiger partial charge in [0.15, 0.2) is 20.9 Å². The summed E-state index contributed by atoms with van der Waals surface area (Å²) in [4.78, 5) is 42.2. The maximum Gasteiger partial charge on any atom is 0.264 e. The summed E-state index contributed by atoms with van der Waals surface area (Å²) in [6.45, 7) is 1.39. The maximum atomic E-state index is 15.1. The second kappa shape index (κ2) is 11.3. The Hall–Kier alpha value is -3.48. The largest absolute Gasteiger partial charge is 0.350 e. The van der Waals surface area contributed by atoms with Crippen LogP contribution in [0.1, 0.15) is 43.0 Å². The Kier molecular flexibility index (Phi) is 8.28. The zero-order valence-corrected chi connectivity index (χ0v) is 22.2. The monoisotopic (exact) mass is 562 g/mol. The molecular weight excluding hydrogens is 534 g/mol. The predicted molar refractivity (Wildman–Crippen MR) is 140 cm³/mol. The molecule has 1 amide bonds. The van der Waals surface area contributed by atoms with E-state index in [2.05, 4.69) is 5.48 Å². The highest BCUT2D eigenvalue weighted by molar-refractivity contribution is 7.92. The van der Waals surface area contributed by atoms with Gasteiger partial charge in [0.2, 0.25) is 0 Å². The molecule has 4 rings (SSSR count). The molecule has 0 radical (unpaired) electrons. The lowest BCUT2D eigenvalue weighted by atomic mass is 10.00. The summed E-state index contributed by atoms with van der Waals surface area (Å²) in [5.74, 6) is -2.40. The highest BCUT2D eigenvalue weighted by atomic mass is 32.2. The highest BCUT2D eigenvalue weighted by Gasteiger charge is 2.44. The summed E-state index contributed by atoms with van der Waals surface area (Å²) in [5, 5.41) is -0.0657. The molecule has 1 saturated heterocycles. The third-order valence-electron chi connectivity index (χ3n) is 7.03. The lowest BCUT2D eigenvalue weighted by molar-refractivity contribution is -0.201. The fourth-order valence-corrected chi connectivity index (χ4v) is 5.19. The highest BCUT2D eigenvalue weighted by Crippen LogP contribution is 2.28. The molecule has 1 fully saturated rings. The van der Waals surface area contributed by atoms with Gasteiger partial charge in [-0.25, -0.2) is 27.5 Å². The molecule has 2 aromatic carbocycles. The number of nitrogens with zero attached hydrogens (tertiary/aromatic N) is 1. The van der Waals surface area contributed by atoms with Gasteiger partial charge >= 0.3 is 0 Å². The average molecular weight is 563 g/mol. The number of aldehydes is 1. The molecule has 208 valence electrons. The SMILES string of the molecule is CC(CCn1cc(F)c2cc(-c3ccc(C=O)cc3F)ccc2c1=O)(C(=O)NOC1CCCCO1)S(C)(=O)=O. The van der Waals surface area contributed by atoms with Crippen LogP contribution < -0.4 is 11.0 Å². The van der Waals surface area contributed by atoms with Gasteiger partial charge in [0.05, 0.1) is 5.39 Å². The Labute approximate surface area is 223 Å². The summed E-state index contributed by atoms with van der Waals surface area (Å²) >= 11 is 0. The Morgan fingerprint density at radius 1 is 1.18 bits per heavy atom. The number of pyridine rings is 1. The molecule has 9 nitrogen and oxygen atoms in total. The minimum Gasteiger partial charge on any atom is -0.350 e. The first-order valence-electron chi connectivity index (χ1n) is 12.3. The third-order valence-corrected chi connectivity index (χ3v) is 9.05. The molecule has 3 aromatic rings. The van der Waals surface area contributed by atoms with Crippen molar-refractivity contribution >= 4 is 32.8 Å². The first kappa shape index (κ1) is 28.5. The van der Waals surface area contributed by atoms with E-state index in [0.717, 1.165) is 35.9 Å². The van der Waals surface area contributed by atoms with Crippen molar-refractivity contribution in [1.29, 1.82) is 0 Å². The number of carbonyl (C=O) groups is 2. The fourth-order valence-electron chi connectivity index (χ4n) is 4.35. The zero-order valence-electron chi connectivity index (χ0n) is 21.4. The fraction of sp³-hybridized carbons (Fsp3) is 0.370. The molecule has 2 heterocycles. The summed E-state index contributed by atoms with van der Waals surface area (Å²) in [7, 11) is -4.00. The Morgan fingerprint density at radius 3 is 2.59 bits per heavy atom. The topological polar surface area (TPSA) is 121 Å². The molecule has 12 heteroatoms. The smallest absolute Gasteiger partial charge is 0.264 e. The van der Waals surface area contributed by atoms with Crippen molar-refractivity contribution in [2.45, 2.75) is 50.2 Å². The predicted octanol–water partition coefficient (Wildman–Crippen LogP) is 3.53. The summed E-state index contributed by atoms with van der Waals surface area (Å²) in [6.07, 6.45) is 3.53. The van der Waals surface area contributed by atoms with E-state index < -0.39 is 44.0 Å². The molecule has 1 aromatic heterocycles. The number of rotatable bonds is 9. The van der Waals surface area contributed by atoms with Gasteiger partial charge < -0.3 is 9.30 Å². The van der Waals surface area contributed by atoms with Crippen LogP contribution in [-0.2, 0) is 30.8 Å². The maximum absolute atomic E-state index is 15.1. The van der Waals surface area contributed by atoms with Crippen molar-refractivity contribution < 1.29 is 36.4 Å². The van der Waals surface area contributed by atoms with Crippen molar-refractivity contribution in [1.82, 2.24) is 10.0 Å². The van der Waals surface area contributed by atoms with Crippen LogP contribution >= 0.6 is 0 Å². The van der Waals surface area contributed by atoms with Gasteiger partial charge in [-0.1, -0.05) is 18.2 Å². The van der Waals surface area contributed by atoms with E-state index in [1.807, 2.05) is 0 Å². The van der Waals surface area contributed by atoms with E-state index in [1.54, 1.807) is 0 Å². The molecule has 2 atom stereocenters. The Bertz CT molecular complexity index is 1580. The lowest BCUT2D eigenvalue weighted by Gasteiger charge is -2.28. The number of fused-ring (bicyclic) bond motifs is 1. The molecule has 1 aliphatic heterocycles. The van der Waals surface area contributed by atoms with Gasteiger partial charge in [-0.05, 0) is 49.9 Å². The van der Waals surface area contributed by atoms with E-state index in [9.17, 15) is 27.2 Å². The van der Waals surface area contributed by atoms with E-state index in [1.165, 1.54) is 37.3 Å². The van der Waals surface area contributed by atoms with Gasteiger partial charge in [0.25, 0.3) is 11.5 Å². The second-order valence-corrected chi connectivity index (χ2v) is 12.1. The number of sulfone groups is 1. The van der Waals surface area contributed by atoms with E-state index in [-0.39, 0.29) is 34.9 Å². The zero-order chi connectivity index (χ0) is 28.4. The molecule has 1 N–H and O–H groups in total. The number of benzene rings is 2. The first-order valence-corrected chi connectivity index (χ1v) is 14.2. The van der Waals surface area contributed by atoms with E-state index >= 15 is 4.39 Å².